The highest BCUT2D eigenvalue weighted by molar-refractivity contribution is 6.04. The Labute approximate surface area is 184 Å². The molecule has 0 spiro atoms. The van der Waals surface area contributed by atoms with Crippen molar-refractivity contribution in [3.8, 4) is 11.1 Å². The van der Waals surface area contributed by atoms with Crippen LogP contribution in [0.1, 0.15) is 27.3 Å². The van der Waals surface area contributed by atoms with Crippen LogP contribution in [0.4, 0.5) is 19.0 Å². The molecule has 3 N–H and O–H groups in total. The molecule has 0 amide bonds. The van der Waals surface area contributed by atoms with Crippen LogP contribution in [0, 0.1) is 0 Å². The largest absolute Gasteiger partial charge is 0.478 e. The van der Waals surface area contributed by atoms with Gasteiger partial charge in [-0.15, -0.1) is 0 Å². The summed E-state index contributed by atoms with van der Waals surface area (Å²) in [7, 11) is 0. The van der Waals surface area contributed by atoms with Crippen molar-refractivity contribution in [3.05, 3.63) is 77.5 Å². The summed E-state index contributed by atoms with van der Waals surface area (Å²) >= 11 is 0. The highest BCUT2D eigenvalue weighted by Gasteiger charge is 2.32. The van der Waals surface area contributed by atoms with Crippen molar-refractivity contribution in [3.63, 3.8) is 0 Å². The van der Waals surface area contributed by atoms with Gasteiger partial charge in [-0.2, -0.15) is 18.3 Å². The second kappa shape index (κ2) is 8.34. The molecule has 11 heteroatoms. The van der Waals surface area contributed by atoms with Gasteiger partial charge in [0.1, 0.15) is 23.3 Å². The number of anilines is 1. The predicted molar refractivity (Wildman–Crippen MR) is 111 cm³/mol. The number of nitrogen functional groups attached to an aromatic ring is 1. The summed E-state index contributed by atoms with van der Waals surface area (Å²) in [6, 6.07) is 9.99. The summed E-state index contributed by atoms with van der Waals surface area (Å²) in [5.74, 6) is -1.36. The molecule has 3 heterocycles. The lowest BCUT2D eigenvalue weighted by Crippen LogP contribution is -2.12. The summed E-state index contributed by atoms with van der Waals surface area (Å²) < 4.78 is 39.8. The van der Waals surface area contributed by atoms with Crippen molar-refractivity contribution < 1.29 is 27.9 Å². The third-order valence-electron chi connectivity index (χ3n) is 4.95. The molecule has 0 atom stereocenters. The van der Waals surface area contributed by atoms with E-state index in [1.807, 2.05) is 0 Å². The summed E-state index contributed by atoms with van der Waals surface area (Å²) in [5, 5.41) is 13.6. The molecular weight excluding hydrogens is 439 g/mol. The summed E-state index contributed by atoms with van der Waals surface area (Å²) in [6.45, 7) is 0. The number of ketones is 1. The fourth-order valence-electron chi connectivity index (χ4n) is 3.51. The third kappa shape index (κ3) is 4.52. The first-order valence-electron chi connectivity index (χ1n) is 9.62. The van der Waals surface area contributed by atoms with Crippen molar-refractivity contribution in [1.29, 1.82) is 0 Å². The van der Waals surface area contributed by atoms with Gasteiger partial charge in [-0.3, -0.25) is 4.79 Å². The number of fused-ring (bicyclic) bond motifs is 1. The average Bonchev–Trinajstić information content (AvgIpc) is 3.15. The van der Waals surface area contributed by atoms with Crippen LogP contribution in [0.2, 0.25) is 0 Å². The van der Waals surface area contributed by atoms with E-state index in [1.54, 1.807) is 24.3 Å². The Hall–Kier alpha value is -4.28. The number of carboxylic acids is 1. The van der Waals surface area contributed by atoms with E-state index in [0.717, 1.165) is 6.07 Å². The molecule has 0 aliphatic rings. The minimum Gasteiger partial charge on any atom is -0.478 e. The fraction of sp³-hybridized carbons (Fsp3) is 0.136. The van der Waals surface area contributed by atoms with Gasteiger partial charge in [0.25, 0.3) is 0 Å². The number of aromatic carboxylic acids is 1. The highest BCUT2D eigenvalue weighted by Crippen LogP contribution is 2.32. The van der Waals surface area contributed by atoms with Gasteiger partial charge in [-0.05, 0) is 23.3 Å². The molecule has 0 unspecified atom stereocenters. The van der Waals surface area contributed by atoms with Crippen molar-refractivity contribution in [2.75, 3.05) is 5.73 Å². The van der Waals surface area contributed by atoms with Gasteiger partial charge < -0.3 is 10.8 Å². The molecule has 168 valence electrons. The standard InChI is InChI=1S/C22H16F3N5O3/c23-22(24,25)17-3-1-2-14(29-17)9-15(31)8-12-4-6-13(7-5-12)18-16(21(32)33)10-30-19(18)20(26)27-11-28-30/h1-7,10-11H,8-9H2,(H,32,33)(H2,26,27,28). The quantitative estimate of drug-likeness (QED) is 0.456. The van der Waals surface area contributed by atoms with Crippen molar-refractivity contribution in [2.45, 2.75) is 19.0 Å². The molecule has 0 bridgehead atoms. The zero-order chi connectivity index (χ0) is 23.8. The van der Waals surface area contributed by atoms with Gasteiger partial charge in [-0.1, -0.05) is 30.3 Å². The first kappa shape index (κ1) is 21.9. The molecule has 33 heavy (non-hydrogen) atoms. The zero-order valence-electron chi connectivity index (χ0n) is 16.9. The maximum Gasteiger partial charge on any atom is 0.433 e. The van der Waals surface area contributed by atoms with Crippen LogP contribution in [0.25, 0.3) is 16.6 Å². The van der Waals surface area contributed by atoms with E-state index in [4.69, 9.17) is 5.73 Å². The lowest BCUT2D eigenvalue weighted by molar-refractivity contribution is -0.141. The van der Waals surface area contributed by atoms with E-state index >= 15 is 0 Å². The Morgan fingerprint density at radius 3 is 2.45 bits per heavy atom. The maximum absolute atomic E-state index is 12.8. The van der Waals surface area contributed by atoms with Crippen LogP contribution >= 0.6 is 0 Å². The number of aromatic nitrogens is 4. The minimum absolute atomic E-state index is 0.0124. The topological polar surface area (TPSA) is 123 Å². The van der Waals surface area contributed by atoms with Crippen LogP contribution in [-0.2, 0) is 23.8 Å². The van der Waals surface area contributed by atoms with Crippen molar-refractivity contribution in [2.24, 2.45) is 0 Å². The average molecular weight is 455 g/mol. The van der Waals surface area contributed by atoms with E-state index < -0.39 is 17.8 Å². The van der Waals surface area contributed by atoms with Gasteiger partial charge in [-0.25, -0.2) is 19.3 Å². The molecule has 1 aromatic carbocycles. The lowest BCUT2D eigenvalue weighted by atomic mass is 9.99. The van der Waals surface area contributed by atoms with Crippen LogP contribution in [0.15, 0.2) is 55.0 Å². The van der Waals surface area contributed by atoms with E-state index in [-0.39, 0.29) is 35.7 Å². The molecule has 0 fully saturated rings. The summed E-state index contributed by atoms with van der Waals surface area (Å²) in [6.07, 6.45) is -2.30. The number of pyridine rings is 1. The van der Waals surface area contributed by atoms with Gasteiger partial charge in [0.2, 0.25) is 0 Å². The number of rotatable bonds is 6. The summed E-state index contributed by atoms with van der Waals surface area (Å²) in [5.41, 5.74) is 6.73. The monoisotopic (exact) mass is 455 g/mol. The van der Waals surface area contributed by atoms with Gasteiger partial charge >= 0.3 is 12.1 Å². The Bertz CT molecular complexity index is 1360. The number of carboxylic acid groups (broad SMARTS) is 1. The number of benzene rings is 1. The SMILES string of the molecule is Nc1ncnn2cc(C(=O)O)c(-c3ccc(CC(=O)Cc4cccc(C(F)(F)F)n4)cc3)c12. The Balaban J connectivity index is 1.56. The first-order valence-corrected chi connectivity index (χ1v) is 9.62. The molecule has 4 aromatic rings. The lowest BCUT2D eigenvalue weighted by Gasteiger charge is -2.08. The van der Waals surface area contributed by atoms with E-state index in [1.165, 1.54) is 29.2 Å². The molecule has 0 saturated carbocycles. The number of carbonyl (C=O) groups is 2. The predicted octanol–water partition coefficient (Wildman–Crippen LogP) is 3.44. The normalized spacial score (nSPS) is 11.6. The smallest absolute Gasteiger partial charge is 0.433 e. The number of nitrogens with zero attached hydrogens (tertiary/aromatic N) is 4. The van der Waals surface area contributed by atoms with Crippen LogP contribution in [-0.4, -0.2) is 36.4 Å². The molecule has 0 radical (unpaired) electrons. The number of alkyl halides is 3. The Morgan fingerprint density at radius 1 is 1.06 bits per heavy atom. The molecule has 8 nitrogen and oxygen atoms in total. The minimum atomic E-state index is -4.58. The van der Waals surface area contributed by atoms with Crippen LogP contribution < -0.4 is 5.73 Å². The zero-order valence-corrected chi connectivity index (χ0v) is 16.9. The molecular formula is C22H16F3N5O3. The molecule has 0 saturated heterocycles. The number of hydrogen-bond donors (Lipinski definition) is 2. The highest BCUT2D eigenvalue weighted by atomic mass is 19.4. The molecule has 3 aromatic heterocycles. The Kier molecular flexibility index (Phi) is 5.54. The molecule has 0 aliphatic carbocycles. The van der Waals surface area contributed by atoms with E-state index in [9.17, 15) is 27.9 Å². The summed E-state index contributed by atoms with van der Waals surface area (Å²) in [4.78, 5) is 31.5. The van der Waals surface area contributed by atoms with E-state index in [0.29, 0.717) is 22.2 Å². The fourth-order valence-corrected chi connectivity index (χ4v) is 3.51. The van der Waals surface area contributed by atoms with Crippen LogP contribution in [0.3, 0.4) is 0 Å². The van der Waals surface area contributed by atoms with Crippen molar-refractivity contribution >= 4 is 23.1 Å². The number of halogens is 3. The molecule has 4 rings (SSSR count). The molecule has 0 aliphatic heterocycles. The number of carbonyl (C=O) groups excluding carboxylic acids is 1. The number of Topliss-reactive ketones (excluding diaryl/α,β-unsaturated/α-hetero) is 1. The Morgan fingerprint density at radius 2 is 1.79 bits per heavy atom. The first-order chi connectivity index (χ1) is 15.6. The second-order valence-corrected chi connectivity index (χ2v) is 7.26. The maximum atomic E-state index is 12.8. The number of hydrogen-bond acceptors (Lipinski definition) is 6. The van der Waals surface area contributed by atoms with E-state index in [2.05, 4.69) is 15.1 Å². The van der Waals surface area contributed by atoms with Gasteiger partial charge in [0, 0.05) is 30.3 Å². The van der Waals surface area contributed by atoms with Crippen molar-refractivity contribution in [1.82, 2.24) is 19.6 Å². The second-order valence-electron chi connectivity index (χ2n) is 7.26. The van der Waals surface area contributed by atoms with Gasteiger partial charge in [0.15, 0.2) is 5.82 Å². The van der Waals surface area contributed by atoms with Crippen LogP contribution in [0.5, 0.6) is 0 Å². The van der Waals surface area contributed by atoms with Gasteiger partial charge in [0.05, 0.1) is 5.56 Å². The third-order valence-corrected chi connectivity index (χ3v) is 4.95. The number of nitrogens with two attached hydrogens (primary N) is 1.